The van der Waals surface area contributed by atoms with Gasteiger partial charge in [0.1, 0.15) is 5.60 Å². The normalized spacial score (nSPS) is 10.3. The summed E-state index contributed by atoms with van der Waals surface area (Å²) in [6.45, 7) is 5.77. The Hall–Kier alpha value is -1.99. The number of hydrogen-bond acceptors (Lipinski definition) is 3. The van der Waals surface area contributed by atoms with Crippen LogP contribution >= 0.6 is 11.6 Å². The molecule has 5 heteroatoms. The SMILES string of the molecule is CC(C)(C)OC(=O)NCCC#Cc1cccc(Cl)c1C=O. The lowest BCUT2D eigenvalue weighted by molar-refractivity contribution is 0.0529. The molecule has 0 fully saturated rings. The van der Waals surface area contributed by atoms with Gasteiger partial charge in [0.2, 0.25) is 0 Å². The van der Waals surface area contributed by atoms with Gasteiger partial charge in [0.15, 0.2) is 6.29 Å². The van der Waals surface area contributed by atoms with Crippen LogP contribution in [0.2, 0.25) is 5.02 Å². The molecule has 1 aromatic rings. The largest absolute Gasteiger partial charge is 0.444 e. The first-order valence-corrected chi connectivity index (χ1v) is 6.90. The van der Waals surface area contributed by atoms with E-state index < -0.39 is 11.7 Å². The zero-order chi connectivity index (χ0) is 15.9. The minimum absolute atomic E-state index is 0.374. The van der Waals surface area contributed by atoms with E-state index in [4.69, 9.17) is 16.3 Å². The summed E-state index contributed by atoms with van der Waals surface area (Å²) < 4.78 is 5.09. The number of carbonyl (C=O) groups is 2. The van der Waals surface area contributed by atoms with Crippen molar-refractivity contribution in [2.75, 3.05) is 6.54 Å². The zero-order valence-corrected chi connectivity index (χ0v) is 13.1. The van der Waals surface area contributed by atoms with Crippen molar-refractivity contribution in [1.29, 1.82) is 0 Å². The third-order valence-corrected chi connectivity index (χ3v) is 2.64. The highest BCUT2D eigenvalue weighted by atomic mass is 35.5. The average molecular weight is 308 g/mol. The number of halogens is 1. The predicted octanol–water partition coefficient (Wildman–Crippen LogP) is 3.42. The van der Waals surface area contributed by atoms with E-state index in [-0.39, 0.29) is 0 Å². The number of aldehydes is 1. The fourth-order valence-corrected chi connectivity index (χ4v) is 1.68. The Balaban J connectivity index is 2.50. The van der Waals surface area contributed by atoms with Crippen LogP contribution in [-0.2, 0) is 4.74 Å². The molecule has 0 saturated heterocycles. The molecule has 0 aliphatic heterocycles. The van der Waals surface area contributed by atoms with E-state index in [9.17, 15) is 9.59 Å². The van der Waals surface area contributed by atoms with Crippen molar-refractivity contribution in [1.82, 2.24) is 5.32 Å². The maximum Gasteiger partial charge on any atom is 0.407 e. The van der Waals surface area contributed by atoms with Gasteiger partial charge in [0, 0.05) is 24.1 Å². The number of amides is 1. The van der Waals surface area contributed by atoms with Crippen LogP contribution in [0.25, 0.3) is 0 Å². The zero-order valence-electron chi connectivity index (χ0n) is 12.3. The van der Waals surface area contributed by atoms with Crippen LogP contribution in [0.3, 0.4) is 0 Å². The van der Waals surface area contributed by atoms with Gasteiger partial charge < -0.3 is 10.1 Å². The minimum atomic E-state index is -0.518. The van der Waals surface area contributed by atoms with Crippen molar-refractivity contribution < 1.29 is 14.3 Å². The molecule has 0 aliphatic carbocycles. The maximum atomic E-state index is 11.4. The van der Waals surface area contributed by atoms with Crippen LogP contribution in [-0.4, -0.2) is 24.5 Å². The molecule has 0 unspecified atom stereocenters. The quantitative estimate of drug-likeness (QED) is 0.529. The lowest BCUT2D eigenvalue weighted by atomic mass is 10.1. The topological polar surface area (TPSA) is 55.4 Å². The van der Waals surface area contributed by atoms with E-state index in [1.54, 1.807) is 39.0 Å². The number of carbonyl (C=O) groups excluding carboxylic acids is 2. The molecule has 0 radical (unpaired) electrons. The van der Waals surface area contributed by atoms with Crippen LogP contribution < -0.4 is 5.32 Å². The Morgan fingerprint density at radius 2 is 2.14 bits per heavy atom. The van der Waals surface area contributed by atoms with Crippen LogP contribution in [0.5, 0.6) is 0 Å². The molecule has 1 rings (SSSR count). The van der Waals surface area contributed by atoms with Crippen LogP contribution in [0, 0.1) is 11.8 Å². The molecule has 0 spiro atoms. The minimum Gasteiger partial charge on any atom is -0.444 e. The van der Waals surface area contributed by atoms with E-state index in [0.29, 0.717) is 35.4 Å². The van der Waals surface area contributed by atoms with Gasteiger partial charge in [-0.25, -0.2) is 4.79 Å². The van der Waals surface area contributed by atoms with Crippen molar-refractivity contribution in [3.63, 3.8) is 0 Å². The summed E-state index contributed by atoms with van der Waals surface area (Å²) in [7, 11) is 0. The summed E-state index contributed by atoms with van der Waals surface area (Å²) in [6.07, 6.45) is 0.663. The summed E-state index contributed by atoms with van der Waals surface area (Å²) in [4.78, 5) is 22.3. The van der Waals surface area contributed by atoms with Gasteiger partial charge in [-0.15, -0.1) is 0 Å². The van der Waals surface area contributed by atoms with Gasteiger partial charge in [-0.3, -0.25) is 4.79 Å². The van der Waals surface area contributed by atoms with Crippen molar-refractivity contribution in [2.45, 2.75) is 32.8 Å². The third-order valence-electron chi connectivity index (χ3n) is 2.31. The first-order chi connectivity index (χ1) is 9.83. The molecule has 21 heavy (non-hydrogen) atoms. The highest BCUT2D eigenvalue weighted by Crippen LogP contribution is 2.17. The number of alkyl carbamates (subject to hydrolysis) is 1. The molecular formula is C16H18ClNO3. The Bertz CT molecular complexity index is 579. The fraction of sp³-hybridized carbons (Fsp3) is 0.375. The van der Waals surface area contributed by atoms with Gasteiger partial charge in [-0.05, 0) is 32.9 Å². The third kappa shape index (κ3) is 6.33. The molecular weight excluding hydrogens is 290 g/mol. The molecule has 0 saturated carbocycles. The first-order valence-electron chi connectivity index (χ1n) is 6.53. The maximum absolute atomic E-state index is 11.4. The smallest absolute Gasteiger partial charge is 0.407 e. The number of benzene rings is 1. The van der Waals surface area contributed by atoms with E-state index in [1.807, 2.05) is 0 Å². The highest BCUT2D eigenvalue weighted by Gasteiger charge is 2.15. The lowest BCUT2D eigenvalue weighted by Crippen LogP contribution is -2.32. The standard InChI is InChI=1S/C16H18ClNO3/c1-16(2,3)21-15(20)18-10-5-4-7-12-8-6-9-14(17)13(12)11-19/h6,8-9,11H,5,10H2,1-3H3,(H,18,20). The van der Waals surface area contributed by atoms with Crippen molar-refractivity contribution in [3.8, 4) is 11.8 Å². The van der Waals surface area contributed by atoms with Gasteiger partial charge >= 0.3 is 6.09 Å². The Labute approximate surface area is 129 Å². The summed E-state index contributed by atoms with van der Waals surface area (Å²) in [6, 6.07) is 5.10. The summed E-state index contributed by atoms with van der Waals surface area (Å²) in [5, 5.41) is 2.98. The number of rotatable bonds is 3. The van der Waals surface area contributed by atoms with E-state index in [0.717, 1.165) is 0 Å². The fourth-order valence-electron chi connectivity index (χ4n) is 1.46. The van der Waals surface area contributed by atoms with E-state index in [2.05, 4.69) is 17.2 Å². The second-order valence-electron chi connectivity index (χ2n) is 5.30. The number of nitrogens with one attached hydrogen (secondary N) is 1. The second kappa shape index (κ2) is 7.70. The van der Waals surface area contributed by atoms with E-state index in [1.165, 1.54) is 0 Å². The Morgan fingerprint density at radius 3 is 2.76 bits per heavy atom. The van der Waals surface area contributed by atoms with Crippen LogP contribution in [0.15, 0.2) is 18.2 Å². The molecule has 0 bridgehead atoms. The van der Waals surface area contributed by atoms with Gasteiger partial charge in [0.05, 0.1) is 5.02 Å². The molecule has 0 atom stereocenters. The number of hydrogen-bond donors (Lipinski definition) is 1. The monoisotopic (exact) mass is 307 g/mol. The molecule has 112 valence electrons. The Morgan fingerprint density at radius 1 is 1.43 bits per heavy atom. The van der Waals surface area contributed by atoms with Crippen molar-refractivity contribution in [3.05, 3.63) is 34.3 Å². The second-order valence-corrected chi connectivity index (χ2v) is 5.71. The highest BCUT2D eigenvalue weighted by molar-refractivity contribution is 6.33. The first kappa shape index (κ1) is 17.1. The molecule has 1 amide bonds. The summed E-state index contributed by atoms with van der Waals surface area (Å²) in [5.74, 6) is 5.75. The molecule has 0 aliphatic rings. The molecule has 0 aromatic heterocycles. The van der Waals surface area contributed by atoms with Crippen molar-refractivity contribution >= 4 is 24.0 Å². The molecule has 0 heterocycles. The summed E-state index contributed by atoms with van der Waals surface area (Å²) >= 11 is 5.90. The lowest BCUT2D eigenvalue weighted by Gasteiger charge is -2.19. The van der Waals surface area contributed by atoms with Crippen LogP contribution in [0.4, 0.5) is 4.79 Å². The molecule has 4 nitrogen and oxygen atoms in total. The number of ether oxygens (including phenoxy) is 1. The summed E-state index contributed by atoms with van der Waals surface area (Å²) in [5.41, 5.74) is 0.441. The van der Waals surface area contributed by atoms with Gasteiger partial charge in [-0.2, -0.15) is 0 Å². The molecule has 1 aromatic carbocycles. The molecule has 1 N–H and O–H groups in total. The van der Waals surface area contributed by atoms with E-state index >= 15 is 0 Å². The Kier molecular flexibility index (Phi) is 6.26. The van der Waals surface area contributed by atoms with Gasteiger partial charge in [0.25, 0.3) is 0 Å². The van der Waals surface area contributed by atoms with Crippen LogP contribution in [0.1, 0.15) is 43.1 Å². The van der Waals surface area contributed by atoms with Crippen molar-refractivity contribution in [2.24, 2.45) is 0 Å². The predicted molar refractivity (Wildman–Crippen MR) is 82.6 cm³/mol. The average Bonchev–Trinajstić information content (AvgIpc) is 2.36. The van der Waals surface area contributed by atoms with Gasteiger partial charge in [-0.1, -0.05) is 29.5 Å².